The van der Waals surface area contributed by atoms with Gasteiger partial charge in [0.15, 0.2) is 0 Å². The summed E-state index contributed by atoms with van der Waals surface area (Å²) in [6, 6.07) is 0. The molecule has 0 amide bonds. The van der Waals surface area contributed by atoms with Crippen molar-refractivity contribution in [3.8, 4) is 0 Å². The molecule has 1 aliphatic rings. The SMILES string of the molecule is C1CCCCC1.CCCCC.CCCCCCCC. The van der Waals surface area contributed by atoms with Crippen molar-refractivity contribution in [1.29, 1.82) is 0 Å². The minimum atomic E-state index is 1.34. The largest absolute Gasteiger partial charge is 0.0654 e. The molecule has 0 spiro atoms. The summed E-state index contributed by atoms with van der Waals surface area (Å²) in [4.78, 5) is 0. The van der Waals surface area contributed by atoms with Gasteiger partial charge in [-0.1, -0.05) is 124 Å². The Balaban J connectivity index is 0. The smallest absolute Gasteiger partial charge is 0.0533 e. The maximum Gasteiger partial charge on any atom is -0.0533 e. The van der Waals surface area contributed by atoms with Crippen molar-refractivity contribution in [1.82, 2.24) is 0 Å². The fourth-order valence-electron chi connectivity index (χ4n) is 2.27. The second-order valence-corrected chi connectivity index (χ2v) is 5.89. The average Bonchev–Trinajstić information content (AvgIpc) is 2.48. The predicted octanol–water partition coefficient (Wildman–Crippen LogP) is 7.90. The lowest BCUT2D eigenvalue weighted by molar-refractivity contribution is 0.504. The normalized spacial score (nSPS) is 13.9. The summed E-state index contributed by atoms with van der Waals surface area (Å²) in [6.45, 7) is 8.94. The van der Waals surface area contributed by atoms with E-state index in [4.69, 9.17) is 0 Å². The molecule has 0 aromatic rings. The van der Waals surface area contributed by atoms with Gasteiger partial charge in [0.25, 0.3) is 0 Å². The summed E-state index contributed by atoms with van der Waals surface area (Å²) < 4.78 is 0. The molecular weight excluding hydrogens is 228 g/mol. The van der Waals surface area contributed by atoms with E-state index in [0.29, 0.717) is 0 Å². The zero-order valence-corrected chi connectivity index (χ0v) is 14.6. The summed E-state index contributed by atoms with van der Waals surface area (Å²) >= 11 is 0. The van der Waals surface area contributed by atoms with Crippen LogP contribution in [0, 0.1) is 0 Å². The Morgan fingerprint density at radius 1 is 0.368 bits per heavy atom. The quantitative estimate of drug-likeness (QED) is 0.412. The Labute approximate surface area is 124 Å². The molecule has 0 radical (unpaired) electrons. The Hall–Kier alpha value is 0. The van der Waals surface area contributed by atoms with Gasteiger partial charge in [-0.2, -0.15) is 0 Å². The minimum Gasteiger partial charge on any atom is -0.0654 e. The third kappa shape index (κ3) is 27.3. The van der Waals surface area contributed by atoms with Gasteiger partial charge in [-0.15, -0.1) is 0 Å². The maximum atomic E-state index is 2.26. The van der Waals surface area contributed by atoms with Gasteiger partial charge < -0.3 is 0 Å². The summed E-state index contributed by atoms with van der Waals surface area (Å²) in [5.74, 6) is 0. The highest BCUT2D eigenvalue weighted by molar-refractivity contribution is 4.51. The van der Waals surface area contributed by atoms with Crippen LogP contribution in [0.3, 0.4) is 0 Å². The molecule has 19 heavy (non-hydrogen) atoms. The third-order valence-corrected chi connectivity index (χ3v) is 3.66. The first-order valence-electron chi connectivity index (χ1n) is 9.33. The molecular formula is C19H42. The molecule has 1 saturated carbocycles. The molecule has 0 atom stereocenters. The second kappa shape index (κ2) is 23.1. The molecule has 0 heterocycles. The van der Waals surface area contributed by atoms with E-state index >= 15 is 0 Å². The van der Waals surface area contributed by atoms with Crippen LogP contribution < -0.4 is 0 Å². The van der Waals surface area contributed by atoms with Crippen LogP contribution >= 0.6 is 0 Å². The van der Waals surface area contributed by atoms with Crippen LogP contribution in [0.1, 0.15) is 124 Å². The molecule has 0 aromatic carbocycles. The Morgan fingerprint density at radius 3 is 0.789 bits per heavy atom. The van der Waals surface area contributed by atoms with Crippen molar-refractivity contribution < 1.29 is 0 Å². The van der Waals surface area contributed by atoms with E-state index in [2.05, 4.69) is 27.7 Å². The Morgan fingerprint density at radius 2 is 0.632 bits per heavy atom. The first-order valence-corrected chi connectivity index (χ1v) is 9.33. The van der Waals surface area contributed by atoms with E-state index in [1.807, 2.05) is 0 Å². The van der Waals surface area contributed by atoms with Crippen molar-refractivity contribution in [2.75, 3.05) is 0 Å². The third-order valence-electron chi connectivity index (χ3n) is 3.66. The summed E-state index contributed by atoms with van der Waals surface area (Å²) in [7, 11) is 0. The zero-order chi connectivity index (χ0) is 14.6. The highest BCUT2D eigenvalue weighted by Gasteiger charge is 1.95. The van der Waals surface area contributed by atoms with Crippen LogP contribution in [0.5, 0.6) is 0 Å². The van der Waals surface area contributed by atoms with Crippen molar-refractivity contribution >= 4 is 0 Å². The molecule has 0 bridgehead atoms. The number of hydrogen-bond donors (Lipinski definition) is 0. The first-order chi connectivity index (χ1) is 9.33. The van der Waals surface area contributed by atoms with Crippen LogP contribution in [0.4, 0.5) is 0 Å². The monoisotopic (exact) mass is 270 g/mol. The van der Waals surface area contributed by atoms with E-state index in [-0.39, 0.29) is 0 Å². The maximum absolute atomic E-state index is 2.26. The van der Waals surface area contributed by atoms with Gasteiger partial charge in [-0.05, 0) is 0 Å². The number of hydrogen-bond acceptors (Lipinski definition) is 0. The highest BCUT2D eigenvalue weighted by Crippen LogP contribution is 2.15. The fraction of sp³-hybridized carbons (Fsp3) is 1.00. The predicted molar refractivity (Wildman–Crippen MR) is 92.0 cm³/mol. The molecule has 118 valence electrons. The van der Waals surface area contributed by atoms with Crippen molar-refractivity contribution in [3.05, 3.63) is 0 Å². The average molecular weight is 271 g/mol. The Bertz CT molecular complexity index is 93.7. The van der Waals surface area contributed by atoms with E-state index < -0.39 is 0 Å². The molecule has 0 aromatic heterocycles. The van der Waals surface area contributed by atoms with Crippen molar-refractivity contribution in [2.24, 2.45) is 0 Å². The van der Waals surface area contributed by atoms with Gasteiger partial charge >= 0.3 is 0 Å². The lowest BCUT2D eigenvalue weighted by Gasteiger charge is -2.05. The minimum absolute atomic E-state index is 1.34. The number of unbranched alkanes of at least 4 members (excludes halogenated alkanes) is 7. The van der Waals surface area contributed by atoms with E-state index in [1.54, 1.807) is 0 Å². The van der Waals surface area contributed by atoms with Crippen LogP contribution in [0.2, 0.25) is 0 Å². The van der Waals surface area contributed by atoms with Crippen molar-refractivity contribution in [2.45, 2.75) is 124 Å². The zero-order valence-electron chi connectivity index (χ0n) is 14.6. The molecule has 0 unspecified atom stereocenters. The molecule has 1 fully saturated rings. The number of rotatable bonds is 7. The summed E-state index contributed by atoms with van der Waals surface area (Å²) in [6.07, 6.45) is 21.6. The van der Waals surface area contributed by atoms with Gasteiger partial charge in [-0.25, -0.2) is 0 Å². The van der Waals surface area contributed by atoms with Crippen LogP contribution in [0.25, 0.3) is 0 Å². The molecule has 0 aliphatic heterocycles. The summed E-state index contributed by atoms with van der Waals surface area (Å²) in [5, 5.41) is 0. The molecule has 0 N–H and O–H groups in total. The lowest BCUT2D eigenvalue weighted by atomic mass is 10.0. The molecule has 0 nitrogen and oxygen atoms in total. The Kier molecular flexibility index (Phi) is 25.9. The standard InChI is InChI=1S/C8H18.C6H12.C5H12/c1-3-5-7-8-6-4-2;1-2-4-6-5-3-1;1-3-5-4-2/h3-8H2,1-2H3;1-6H2;3-5H2,1-2H3. The molecule has 1 aliphatic carbocycles. The van der Waals surface area contributed by atoms with Crippen LogP contribution in [-0.4, -0.2) is 0 Å². The molecule has 0 heteroatoms. The second-order valence-electron chi connectivity index (χ2n) is 5.89. The van der Waals surface area contributed by atoms with Gasteiger partial charge in [-0.3, -0.25) is 0 Å². The van der Waals surface area contributed by atoms with Gasteiger partial charge in [0.1, 0.15) is 0 Å². The first kappa shape index (κ1) is 21.3. The molecule has 0 saturated heterocycles. The van der Waals surface area contributed by atoms with Crippen molar-refractivity contribution in [3.63, 3.8) is 0 Å². The van der Waals surface area contributed by atoms with Crippen LogP contribution in [0.15, 0.2) is 0 Å². The van der Waals surface area contributed by atoms with Gasteiger partial charge in [0.2, 0.25) is 0 Å². The summed E-state index contributed by atoms with van der Waals surface area (Å²) in [5.41, 5.74) is 0. The topological polar surface area (TPSA) is 0 Å². The van der Waals surface area contributed by atoms with E-state index in [9.17, 15) is 0 Å². The van der Waals surface area contributed by atoms with Gasteiger partial charge in [0, 0.05) is 0 Å². The van der Waals surface area contributed by atoms with E-state index in [1.165, 1.54) is 96.3 Å². The fourth-order valence-corrected chi connectivity index (χ4v) is 2.27. The van der Waals surface area contributed by atoms with E-state index in [0.717, 1.165) is 0 Å². The highest BCUT2D eigenvalue weighted by atomic mass is 14.0. The van der Waals surface area contributed by atoms with Crippen LogP contribution in [-0.2, 0) is 0 Å². The van der Waals surface area contributed by atoms with Gasteiger partial charge in [0.05, 0.1) is 0 Å². The lowest BCUT2D eigenvalue weighted by Crippen LogP contribution is -1.85. The molecule has 1 rings (SSSR count).